The van der Waals surface area contributed by atoms with E-state index in [1.165, 1.54) is 14.2 Å². The Morgan fingerprint density at radius 2 is 1.13 bits per heavy atom. The Labute approximate surface area is 148 Å². The number of ketones is 2. The lowest BCUT2D eigenvalue weighted by atomic mass is 9.77. The number of rotatable bonds is 4. The zero-order valence-corrected chi connectivity index (χ0v) is 15.8. The van der Waals surface area contributed by atoms with Gasteiger partial charge in [-0.15, -0.1) is 0 Å². The van der Waals surface area contributed by atoms with Crippen molar-refractivity contribution in [2.45, 2.75) is 14.4 Å². The molecule has 2 aliphatic rings. The summed E-state index contributed by atoms with van der Waals surface area (Å²) in [6.45, 7) is 0. The van der Waals surface area contributed by atoms with Crippen molar-refractivity contribution in [3.63, 3.8) is 0 Å². The van der Waals surface area contributed by atoms with E-state index < -0.39 is 49.8 Å². The number of ether oxygens (including phenoxy) is 4. The summed E-state index contributed by atoms with van der Waals surface area (Å²) in [7, 11) is 4.62. The van der Waals surface area contributed by atoms with Gasteiger partial charge in [0.05, 0.1) is 14.2 Å². The quantitative estimate of drug-likeness (QED) is 0.251. The molecule has 10 heteroatoms. The normalized spacial score (nSPS) is 37.8. The first-order chi connectivity index (χ1) is 10.6. The van der Waals surface area contributed by atoms with Crippen molar-refractivity contribution in [2.75, 3.05) is 28.4 Å². The molecule has 0 aromatic rings. The van der Waals surface area contributed by atoms with Gasteiger partial charge in [-0.25, -0.2) is 0 Å². The standard InChI is InChI=1S/C13H14Br2O8/c1-20-9(18)5-6(10(19)21-2)12(15)8(17)7(16)11(5,14)13(12,22-3)23-4/h5-6H,1-4H3/t5-,6+,11+,12-. The first kappa shape index (κ1) is 18.5. The summed E-state index contributed by atoms with van der Waals surface area (Å²) in [5.74, 6) is -8.36. The van der Waals surface area contributed by atoms with Crippen LogP contribution in [0.15, 0.2) is 0 Å². The first-order valence-corrected chi connectivity index (χ1v) is 7.97. The molecule has 0 aliphatic heterocycles. The van der Waals surface area contributed by atoms with Crippen LogP contribution < -0.4 is 0 Å². The van der Waals surface area contributed by atoms with Crippen molar-refractivity contribution < 1.29 is 38.1 Å². The van der Waals surface area contributed by atoms with Gasteiger partial charge < -0.3 is 18.9 Å². The minimum atomic E-state index is -1.94. The van der Waals surface area contributed by atoms with E-state index in [0.29, 0.717) is 0 Å². The average Bonchev–Trinajstić information content (AvgIpc) is 2.81. The molecular weight excluding hydrogens is 444 g/mol. The number of hydrogen-bond donors (Lipinski definition) is 0. The van der Waals surface area contributed by atoms with Crippen LogP contribution in [0.5, 0.6) is 0 Å². The summed E-state index contributed by atoms with van der Waals surface area (Å²) in [4.78, 5) is 49.7. The highest BCUT2D eigenvalue weighted by Crippen LogP contribution is 2.69. The molecular formula is C13H14Br2O8. The van der Waals surface area contributed by atoms with E-state index in [-0.39, 0.29) is 0 Å². The third-order valence-corrected chi connectivity index (χ3v) is 7.25. The number of carbonyl (C=O) groups is 4. The third-order valence-electron chi connectivity index (χ3n) is 4.50. The van der Waals surface area contributed by atoms with E-state index in [0.717, 1.165) is 14.2 Å². The molecule has 2 fully saturated rings. The van der Waals surface area contributed by atoms with Crippen LogP contribution in [0.25, 0.3) is 0 Å². The van der Waals surface area contributed by atoms with Crippen LogP contribution in [0, 0.1) is 11.8 Å². The molecule has 0 saturated heterocycles. The predicted molar refractivity (Wildman–Crippen MR) is 81.1 cm³/mol. The Morgan fingerprint density at radius 1 is 0.826 bits per heavy atom. The van der Waals surface area contributed by atoms with Gasteiger partial charge in [0.2, 0.25) is 17.4 Å². The van der Waals surface area contributed by atoms with Crippen LogP contribution in [0.3, 0.4) is 0 Å². The predicted octanol–water partition coefficient (Wildman–Crippen LogP) is -0.0133. The Hall–Kier alpha value is -0.840. The number of carbonyl (C=O) groups excluding carboxylic acids is 4. The number of fused-ring (bicyclic) bond motifs is 2. The summed E-state index contributed by atoms with van der Waals surface area (Å²) in [6, 6.07) is 0. The smallest absolute Gasteiger partial charge is 0.311 e. The number of halogens is 2. The van der Waals surface area contributed by atoms with Crippen LogP contribution in [0.4, 0.5) is 0 Å². The maximum absolute atomic E-state index is 12.6. The summed E-state index contributed by atoms with van der Waals surface area (Å²) < 4.78 is 16.3. The van der Waals surface area contributed by atoms with Crippen LogP contribution in [-0.4, -0.2) is 66.4 Å². The monoisotopic (exact) mass is 456 g/mol. The molecule has 2 rings (SSSR count). The van der Waals surface area contributed by atoms with Crippen molar-refractivity contribution in [3.8, 4) is 0 Å². The van der Waals surface area contributed by atoms with Gasteiger partial charge in [-0.2, -0.15) is 0 Å². The Bertz CT molecular complexity index is 553. The number of alkyl halides is 2. The van der Waals surface area contributed by atoms with E-state index in [2.05, 4.69) is 31.9 Å². The molecule has 0 aromatic carbocycles. The number of methoxy groups -OCH3 is 4. The second-order valence-corrected chi connectivity index (χ2v) is 7.61. The van der Waals surface area contributed by atoms with Gasteiger partial charge in [0.15, 0.2) is 8.65 Å². The highest BCUT2D eigenvalue weighted by atomic mass is 79.9. The average molecular weight is 458 g/mol. The van der Waals surface area contributed by atoms with Crippen molar-refractivity contribution in [1.29, 1.82) is 0 Å². The molecule has 8 nitrogen and oxygen atoms in total. The molecule has 2 bridgehead atoms. The molecule has 2 saturated carbocycles. The highest BCUT2D eigenvalue weighted by molar-refractivity contribution is 9.11. The zero-order chi connectivity index (χ0) is 17.8. The summed E-state index contributed by atoms with van der Waals surface area (Å²) >= 11 is 6.32. The fraction of sp³-hybridized carbons (Fsp3) is 0.692. The molecule has 4 atom stereocenters. The largest absolute Gasteiger partial charge is 0.469 e. The summed E-state index contributed by atoms with van der Waals surface area (Å²) in [5.41, 5.74) is 0. The van der Waals surface area contributed by atoms with Crippen molar-refractivity contribution in [2.24, 2.45) is 11.8 Å². The number of hydrogen-bond acceptors (Lipinski definition) is 8. The van der Waals surface area contributed by atoms with E-state index in [9.17, 15) is 19.2 Å². The fourth-order valence-corrected chi connectivity index (χ4v) is 6.38. The van der Waals surface area contributed by atoms with E-state index in [1.807, 2.05) is 0 Å². The molecule has 128 valence electrons. The highest BCUT2D eigenvalue weighted by Gasteiger charge is 2.91. The van der Waals surface area contributed by atoms with Crippen LogP contribution in [0.1, 0.15) is 0 Å². The van der Waals surface area contributed by atoms with Crippen molar-refractivity contribution >= 4 is 55.4 Å². The van der Waals surface area contributed by atoms with Gasteiger partial charge in [-0.05, 0) is 0 Å². The van der Waals surface area contributed by atoms with Gasteiger partial charge in [0.25, 0.3) is 0 Å². The molecule has 23 heavy (non-hydrogen) atoms. The minimum absolute atomic E-state index is 0.877. The lowest BCUT2D eigenvalue weighted by Gasteiger charge is -2.38. The van der Waals surface area contributed by atoms with Gasteiger partial charge in [-0.1, -0.05) is 31.9 Å². The van der Waals surface area contributed by atoms with Gasteiger partial charge in [0, 0.05) is 14.2 Å². The Balaban J connectivity index is 2.86. The van der Waals surface area contributed by atoms with E-state index in [1.54, 1.807) is 0 Å². The summed E-state index contributed by atoms with van der Waals surface area (Å²) in [5, 5.41) is 0. The Kier molecular flexibility index (Phi) is 4.51. The van der Waals surface area contributed by atoms with Gasteiger partial charge in [-0.3, -0.25) is 19.2 Å². The van der Waals surface area contributed by atoms with Crippen molar-refractivity contribution in [1.82, 2.24) is 0 Å². The molecule has 2 aliphatic carbocycles. The lowest BCUT2D eigenvalue weighted by molar-refractivity contribution is -0.218. The van der Waals surface area contributed by atoms with Gasteiger partial charge >= 0.3 is 11.9 Å². The molecule has 0 amide bonds. The second-order valence-electron chi connectivity index (χ2n) is 5.11. The topological polar surface area (TPSA) is 105 Å². The number of esters is 2. The third kappa shape index (κ3) is 1.72. The molecule has 0 heterocycles. The zero-order valence-electron chi connectivity index (χ0n) is 12.7. The fourth-order valence-electron chi connectivity index (χ4n) is 3.57. The first-order valence-electron chi connectivity index (χ1n) is 6.38. The SMILES string of the molecule is COC(=O)[C@@H]1[C@H](C(=O)OC)[C@]2(Br)C(=O)C(=O)[C@@]1(Br)C2(OC)OC. The second kappa shape index (κ2) is 5.61. The van der Waals surface area contributed by atoms with Crippen LogP contribution >= 0.6 is 31.9 Å². The molecule has 0 unspecified atom stereocenters. The maximum atomic E-state index is 12.6. The Morgan fingerprint density at radius 3 is 1.35 bits per heavy atom. The lowest BCUT2D eigenvalue weighted by Crippen LogP contribution is -2.57. The molecule has 0 aromatic heterocycles. The van der Waals surface area contributed by atoms with Crippen LogP contribution in [0.2, 0.25) is 0 Å². The molecule has 0 N–H and O–H groups in total. The van der Waals surface area contributed by atoms with Gasteiger partial charge in [0.1, 0.15) is 11.8 Å². The van der Waals surface area contributed by atoms with Crippen molar-refractivity contribution in [3.05, 3.63) is 0 Å². The minimum Gasteiger partial charge on any atom is -0.469 e. The van der Waals surface area contributed by atoms with Crippen LogP contribution in [-0.2, 0) is 38.1 Å². The summed E-state index contributed by atoms with van der Waals surface area (Å²) in [6.07, 6.45) is 0. The maximum Gasteiger partial charge on any atom is 0.311 e. The molecule has 0 spiro atoms. The molecule has 0 radical (unpaired) electrons. The van der Waals surface area contributed by atoms with E-state index in [4.69, 9.17) is 18.9 Å². The number of Topliss-reactive ketones (excluding diaryl/α,β-unsaturated/α-hetero) is 2. The van der Waals surface area contributed by atoms with E-state index >= 15 is 0 Å².